The number of hydrogen-bond donors (Lipinski definition) is 1. The van der Waals surface area contributed by atoms with Gasteiger partial charge in [-0.15, -0.1) is 0 Å². The topological polar surface area (TPSA) is 66.5 Å². The van der Waals surface area contributed by atoms with E-state index in [-0.39, 0.29) is 4.90 Å². The fraction of sp³-hybridized carbons (Fsp3) is 0.316. The summed E-state index contributed by atoms with van der Waals surface area (Å²) in [5.41, 5.74) is 2.46. The highest BCUT2D eigenvalue weighted by atomic mass is 79.9. The minimum atomic E-state index is -3.85. The molecule has 0 fully saturated rings. The molecule has 0 unspecified atom stereocenters. The van der Waals surface area contributed by atoms with E-state index in [9.17, 15) is 13.2 Å². The predicted molar refractivity (Wildman–Crippen MR) is 110 cm³/mol. The minimum Gasteiger partial charge on any atom is -0.378 e. The maximum atomic E-state index is 12.9. The van der Waals surface area contributed by atoms with Crippen LogP contribution in [0.15, 0.2) is 51.8 Å². The van der Waals surface area contributed by atoms with Gasteiger partial charge < -0.3 is 10.2 Å². The molecular weight excluding hydrogens is 416 g/mol. The molecule has 0 aliphatic rings. The summed E-state index contributed by atoms with van der Waals surface area (Å²) in [6.07, 6.45) is 0. The molecule has 0 heterocycles. The molecule has 0 radical (unpaired) electrons. The molecule has 2 aromatic carbocycles. The number of hydrogen-bond acceptors (Lipinski definition) is 4. The third kappa shape index (κ3) is 3.94. The summed E-state index contributed by atoms with van der Waals surface area (Å²) in [7, 11) is 0.0128. The van der Waals surface area contributed by atoms with Crippen LogP contribution in [0.2, 0.25) is 0 Å². The van der Waals surface area contributed by atoms with Gasteiger partial charge in [0.15, 0.2) is 9.84 Å². The Kier molecular flexibility index (Phi) is 5.82. The molecule has 0 aromatic heterocycles. The molecule has 0 aliphatic heterocycles. The lowest BCUT2D eigenvalue weighted by Crippen LogP contribution is -2.44. The molecule has 0 saturated heterocycles. The van der Waals surface area contributed by atoms with Crippen LogP contribution in [0, 0.1) is 6.92 Å². The second-order valence-corrected chi connectivity index (χ2v) is 10.2. The molecule has 2 rings (SSSR count). The third-order valence-electron chi connectivity index (χ3n) is 4.32. The Morgan fingerprint density at radius 3 is 2.15 bits per heavy atom. The largest absolute Gasteiger partial charge is 0.378 e. The predicted octanol–water partition coefficient (Wildman–Crippen LogP) is 4.01. The number of nitrogens with zero attached hydrogens (tertiary/aromatic N) is 1. The third-order valence-corrected chi connectivity index (χ3v) is 7.27. The summed E-state index contributed by atoms with van der Waals surface area (Å²) < 4.78 is 25.0. The van der Waals surface area contributed by atoms with Crippen LogP contribution in [0.5, 0.6) is 0 Å². The van der Waals surface area contributed by atoms with Crippen LogP contribution in [0.3, 0.4) is 0 Å². The van der Waals surface area contributed by atoms with E-state index in [1.807, 2.05) is 38.1 Å². The molecule has 1 N–H and O–H groups in total. The first kappa shape index (κ1) is 20.5. The van der Waals surface area contributed by atoms with Crippen LogP contribution in [0.1, 0.15) is 19.4 Å². The van der Waals surface area contributed by atoms with Gasteiger partial charge in [0.25, 0.3) is 0 Å². The van der Waals surface area contributed by atoms with Crippen molar-refractivity contribution in [2.45, 2.75) is 30.4 Å². The standard InChI is InChI=1S/C19H23BrN2O3S/c1-13-12-15(22(4)5)8-11-17(13)21-18(23)19(2,3)26(24,25)16-9-6-14(20)7-10-16/h6-12H,1-5H3,(H,21,23). The van der Waals surface area contributed by atoms with Gasteiger partial charge in [0.05, 0.1) is 4.90 Å². The van der Waals surface area contributed by atoms with Crippen molar-refractivity contribution in [2.24, 2.45) is 0 Å². The first-order chi connectivity index (χ1) is 12.0. The van der Waals surface area contributed by atoms with E-state index < -0.39 is 20.5 Å². The van der Waals surface area contributed by atoms with Gasteiger partial charge in [0, 0.05) is 29.9 Å². The number of benzene rings is 2. The highest BCUT2D eigenvalue weighted by Gasteiger charge is 2.42. The van der Waals surface area contributed by atoms with E-state index in [1.54, 1.807) is 18.2 Å². The zero-order valence-corrected chi connectivity index (χ0v) is 17.9. The van der Waals surface area contributed by atoms with Crippen LogP contribution in [-0.4, -0.2) is 33.2 Å². The Bertz CT molecular complexity index is 920. The molecular formula is C19H23BrN2O3S. The summed E-state index contributed by atoms with van der Waals surface area (Å²) in [5, 5.41) is 2.76. The van der Waals surface area contributed by atoms with Gasteiger partial charge in [-0.05, 0) is 68.8 Å². The van der Waals surface area contributed by atoms with Gasteiger partial charge >= 0.3 is 0 Å². The monoisotopic (exact) mass is 438 g/mol. The number of rotatable bonds is 5. The molecule has 1 amide bonds. The van der Waals surface area contributed by atoms with E-state index in [0.717, 1.165) is 15.7 Å². The van der Waals surface area contributed by atoms with Crippen molar-refractivity contribution in [1.82, 2.24) is 0 Å². The summed E-state index contributed by atoms with van der Waals surface area (Å²) in [4.78, 5) is 14.9. The average Bonchev–Trinajstić information content (AvgIpc) is 2.56. The first-order valence-electron chi connectivity index (χ1n) is 8.06. The zero-order valence-electron chi connectivity index (χ0n) is 15.5. The Morgan fingerprint density at radius 1 is 1.08 bits per heavy atom. The quantitative estimate of drug-likeness (QED) is 0.765. The van der Waals surface area contributed by atoms with Crippen molar-refractivity contribution in [3.05, 3.63) is 52.5 Å². The molecule has 0 spiro atoms. The molecule has 0 saturated carbocycles. The Hall–Kier alpha value is -1.86. The number of halogens is 1. The smallest absolute Gasteiger partial charge is 0.245 e. The average molecular weight is 439 g/mol. The second-order valence-electron chi connectivity index (χ2n) is 6.82. The van der Waals surface area contributed by atoms with Crippen LogP contribution >= 0.6 is 15.9 Å². The molecule has 26 heavy (non-hydrogen) atoms. The van der Waals surface area contributed by atoms with Gasteiger partial charge in [0.2, 0.25) is 5.91 Å². The van der Waals surface area contributed by atoms with Crippen molar-refractivity contribution < 1.29 is 13.2 Å². The Balaban J connectivity index is 2.31. The van der Waals surface area contributed by atoms with E-state index in [0.29, 0.717) is 5.69 Å². The molecule has 5 nitrogen and oxygen atoms in total. The zero-order chi connectivity index (χ0) is 19.7. The number of sulfone groups is 1. The maximum Gasteiger partial charge on any atom is 0.245 e. The number of carbonyl (C=O) groups is 1. The lowest BCUT2D eigenvalue weighted by molar-refractivity contribution is -0.117. The first-order valence-corrected chi connectivity index (χ1v) is 10.3. The molecule has 140 valence electrons. The van der Waals surface area contributed by atoms with Crippen LogP contribution in [0.25, 0.3) is 0 Å². The van der Waals surface area contributed by atoms with E-state index in [4.69, 9.17) is 0 Å². The fourth-order valence-electron chi connectivity index (χ4n) is 2.37. The van der Waals surface area contributed by atoms with Crippen LogP contribution in [0.4, 0.5) is 11.4 Å². The van der Waals surface area contributed by atoms with Gasteiger partial charge in [-0.3, -0.25) is 4.79 Å². The minimum absolute atomic E-state index is 0.112. The summed E-state index contributed by atoms with van der Waals surface area (Å²) in [6, 6.07) is 11.9. The molecule has 7 heteroatoms. The highest BCUT2D eigenvalue weighted by molar-refractivity contribution is 9.10. The number of carbonyl (C=O) groups excluding carboxylic acids is 1. The van der Waals surface area contributed by atoms with E-state index in [2.05, 4.69) is 21.2 Å². The molecule has 0 bridgehead atoms. The lowest BCUT2D eigenvalue weighted by atomic mass is 10.1. The molecule has 0 aliphatic carbocycles. The maximum absolute atomic E-state index is 12.9. The molecule has 2 aromatic rings. The summed E-state index contributed by atoms with van der Waals surface area (Å²) in [6.45, 7) is 4.71. The normalized spacial score (nSPS) is 11.9. The Labute approximate surface area is 163 Å². The van der Waals surface area contributed by atoms with Gasteiger partial charge in [-0.1, -0.05) is 15.9 Å². The summed E-state index contributed by atoms with van der Waals surface area (Å²) in [5.74, 6) is -0.568. The van der Waals surface area contributed by atoms with E-state index in [1.165, 1.54) is 26.0 Å². The van der Waals surface area contributed by atoms with Gasteiger partial charge in [0.1, 0.15) is 4.75 Å². The lowest BCUT2D eigenvalue weighted by Gasteiger charge is -2.25. The van der Waals surface area contributed by atoms with Gasteiger partial charge in [-0.25, -0.2) is 8.42 Å². The van der Waals surface area contributed by atoms with Crippen molar-refractivity contribution in [1.29, 1.82) is 0 Å². The number of aryl methyl sites for hydroxylation is 1. The van der Waals surface area contributed by atoms with Crippen LogP contribution in [-0.2, 0) is 14.6 Å². The second kappa shape index (κ2) is 7.40. The van der Waals surface area contributed by atoms with Gasteiger partial charge in [-0.2, -0.15) is 0 Å². The Morgan fingerprint density at radius 2 is 1.65 bits per heavy atom. The number of anilines is 2. The number of amides is 1. The highest BCUT2D eigenvalue weighted by Crippen LogP contribution is 2.29. The van der Waals surface area contributed by atoms with Crippen molar-refractivity contribution in [3.63, 3.8) is 0 Å². The van der Waals surface area contributed by atoms with Crippen molar-refractivity contribution >= 4 is 43.0 Å². The van der Waals surface area contributed by atoms with Crippen molar-refractivity contribution in [3.8, 4) is 0 Å². The SMILES string of the molecule is Cc1cc(N(C)C)ccc1NC(=O)C(C)(C)S(=O)(=O)c1ccc(Br)cc1. The van der Waals surface area contributed by atoms with E-state index >= 15 is 0 Å². The van der Waals surface area contributed by atoms with Crippen molar-refractivity contribution in [2.75, 3.05) is 24.3 Å². The molecule has 0 atom stereocenters. The number of nitrogens with one attached hydrogen (secondary N) is 1. The fourth-order valence-corrected chi connectivity index (χ4v) is 4.01. The summed E-state index contributed by atoms with van der Waals surface area (Å²) >= 11 is 3.28. The van der Waals surface area contributed by atoms with Crippen LogP contribution < -0.4 is 10.2 Å².